The first-order valence-electron chi connectivity index (χ1n) is 3.23. The number of hydrogen-bond donors (Lipinski definition) is 0. The zero-order chi connectivity index (χ0) is 8.43. The molecule has 0 aliphatic carbocycles. The maximum absolute atomic E-state index is 5.98. The Hall–Kier alpha value is 0.0400. The average molecular weight is 282 g/mol. The molecule has 0 unspecified atom stereocenters. The molecule has 0 bridgehead atoms. The molecule has 1 nitrogen and oxygen atoms in total. The molecule has 0 aliphatic heterocycles. The van der Waals surface area contributed by atoms with Gasteiger partial charge in [-0.15, -0.1) is 0 Å². The fourth-order valence-electron chi connectivity index (χ4n) is 0.844. The van der Waals surface area contributed by atoms with Crippen LogP contribution in [0.1, 0.15) is 0 Å². The highest BCUT2D eigenvalue weighted by Crippen LogP contribution is 2.25. The van der Waals surface area contributed by atoms with Crippen molar-refractivity contribution in [2.45, 2.75) is 0 Å². The Balaban J connectivity index is 3.09. The molecule has 0 aliphatic rings. The molecule has 0 fully saturated rings. The van der Waals surface area contributed by atoms with E-state index in [-0.39, 0.29) is 0 Å². The first-order valence-corrected chi connectivity index (χ1v) is 4.69. The van der Waals surface area contributed by atoms with E-state index in [4.69, 9.17) is 11.6 Å². The van der Waals surface area contributed by atoms with Gasteiger partial charge in [-0.1, -0.05) is 11.6 Å². The fourth-order valence-corrected chi connectivity index (χ4v) is 1.87. The van der Waals surface area contributed by atoms with Crippen molar-refractivity contribution in [3.63, 3.8) is 0 Å². The molecule has 0 radical (unpaired) electrons. The van der Waals surface area contributed by atoms with Gasteiger partial charge in [0.2, 0.25) is 0 Å². The van der Waals surface area contributed by atoms with Crippen LogP contribution in [0.15, 0.2) is 18.2 Å². The first-order chi connectivity index (χ1) is 5.11. The van der Waals surface area contributed by atoms with Crippen molar-refractivity contribution >= 4 is 39.9 Å². The van der Waals surface area contributed by atoms with E-state index >= 15 is 0 Å². The summed E-state index contributed by atoms with van der Waals surface area (Å²) in [5.41, 5.74) is 1.06. The fraction of sp³-hybridized carbons (Fsp3) is 0.250. The molecule has 0 spiro atoms. The molecule has 0 saturated carbocycles. The van der Waals surface area contributed by atoms with Crippen LogP contribution in [0.4, 0.5) is 5.69 Å². The van der Waals surface area contributed by atoms with E-state index in [0.717, 1.165) is 10.7 Å². The molecule has 0 aromatic heterocycles. The van der Waals surface area contributed by atoms with Crippen LogP contribution in [0.3, 0.4) is 0 Å². The van der Waals surface area contributed by atoms with Crippen molar-refractivity contribution in [3.8, 4) is 0 Å². The van der Waals surface area contributed by atoms with Crippen molar-refractivity contribution in [1.29, 1.82) is 0 Å². The number of halogens is 2. The minimum absolute atomic E-state index is 0.807. The minimum Gasteiger partial charge on any atom is -0.376 e. The lowest BCUT2D eigenvalue weighted by Crippen LogP contribution is -2.08. The Kier molecular flexibility index (Phi) is 3.01. The molecule has 0 N–H and O–H groups in total. The van der Waals surface area contributed by atoms with E-state index in [0.29, 0.717) is 0 Å². The third-order valence-corrected chi connectivity index (χ3v) is 2.37. The zero-order valence-corrected chi connectivity index (χ0v) is 9.35. The van der Waals surface area contributed by atoms with Gasteiger partial charge in [-0.3, -0.25) is 0 Å². The predicted molar refractivity (Wildman–Crippen MR) is 58.5 cm³/mol. The SMILES string of the molecule is CN(C)c1ccc(I)cc1Cl. The molecular formula is C8H9ClIN. The number of benzene rings is 1. The Bertz CT molecular complexity index is 260. The Morgan fingerprint density at radius 2 is 2.00 bits per heavy atom. The first kappa shape index (κ1) is 9.13. The number of anilines is 1. The molecule has 11 heavy (non-hydrogen) atoms. The van der Waals surface area contributed by atoms with Crippen LogP contribution in [-0.2, 0) is 0 Å². The second kappa shape index (κ2) is 3.63. The highest BCUT2D eigenvalue weighted by molar-refractivity contribution is 14.1. The maximum Gasteiger partial charge on any atom is 0.0649 e. The van der Waals surface area contributed by atoms with Crippen molar-refractivity contribution in [3.05, 3.63) is 26.8 Å². The molecule has 1 aromatic rings. The summed E-state index contributed by atoms with van der Waals surface area (Å²) >= 11 is 8.22. The third kappa shape index (κ3) is 2.24. The smallest absolute Gasteiger partial charge is 0.0649 e. The molecule has 0 amide bonds. The van der Waals surface area contributed by atoms with E-state index in [1.54, 1.807) is 0 Å². The van der Waals surface area contributed by atoms with Crippen LogP contribution < -0.4 is 4.90 Å². The van der Waals surface area contributed by atoms with E-state index < -0.39 is 0 Å². The highest BCUT2D eigenvalue weighted by Gasteiger charge is 2.00. The van der Waals surface area contributed by atoms with Gasteiger partial charge in [-0.25, -0.2) is 0 Å². The van der Waals surface area contributed by atoms with Crippen molar-refractivity contribution in [2.24, 2.45) is 0 Å². The van der Waals surface area contributed by atoms with Gasteiger partial charge >= 0.3 is 0 Å². The lowest BCUT2D eigenvalue weighted by molar-refractivity contribution is 1.13. The summed E-state index contributed by atoms with van der Waals surface area (Å²) in [5.74, 6) is 0. The van der Waals surface area contributed by atoms with Crippen LogP contribution in [0.2, 0.25) is 5.02 Å². The minimum atomic E-state index is 0.807. The molecule has 1 rings (SSSR count). The number of nitrogens with zero attached hydrogens (tertiary/aromatic N) is 1. The summed E-state index contributed by atoms with van der Waals surface area (Å²) in [7, 11) is 3.96. The summed E-state index contributed by atoms with van der Waals surface area (Å²) in [4.78, 5) is 2.00. The van der Waals surface area contributed by atoms with Gasteiger partial charge in [-0.05, 0) is 40.8 Å². The molecule has 1 aromatic carbocycles. The van der Waals surface area contributed by atoms with Crippen molar-refractivity contribution in [1.82, 2.24) is 0 Å². The predicted octanol–water partition coefficient (Wildman–Crippen LogP) is 3.01. The molecule has 60 valence electrons. The maximum atomic E-state index is 5.98. The van der Waals surface area contributed by atoms with Crippen LogP contribution in [0.25, 0.3) is 0 Å². The molecular weight excluding hydrogens is 272 g/mol. The van der Waals surface area contributed by atoms with Crippen molar-refractivity contribution < 1.29 is 0 Å². The van der Waals surface area contributed by atoms with E-state index in [1.807, 2.05) is 37.2 Å². The van der Waals surface area contributed by atoms with Crippen LogP contribution in [0.5, 0.6) is 0 Å². The van der Waals surface area contributed by atoms with Gasteiger partial charge in [0, 0.05) is 17.7 Å². The van der Waals surface area contributed by atoms with Crippen molar-refractivity contribution in [2.75, 3.05) is 19.0 Å². The summed E-state index contributed by atoms with van der Waals surface area (Å²) in [6.45, 7) is 0. The van der Waals surface area contributed by atoms with Crippen LogP contribution in [0, 0.1) is 3.57 Å². The largest absolute Gasteiger partial charge is 0.376 e. The Morgan fingerprint density at radius 1 is 1.36 bits per heavy atom. The van der Waals surface area contributed by atoms with Crippen LogP contribution >= 0.6 is 34.2 Å². The quantitative estimate of drug-likeness (QED) is 0.715. The van der Waals surface area contributed by atoms with Gasteiger partial charge in [0.05, 0.1) is 10.7 Å². The molecule has 0 heterocycles. The zero-order valence-electron chi connectivity index (χ0n) is 6.44. The number of hydrogen-bond acceptors (Lipinski definition) is 1. The molecule has 3 heteroatoms. The van der Waals surface area contributed by atoms with Gasteiger partial charge in [0.1, 0.15) is 0 Å². The van der Waals surface area contributed by atoms with Gasteiger partial charge < -0.3 is 4.90 Å². The standard InChI is InChI=1S/C8H9ClIN/c1-11(2)8-4-3-6(10)5-7(8)9/h3-5H,1-2H3. The lowest BCUT2D eigenvalue weighted by Gasteiger charge is -2.13. The molecule has 0 atom stereocenters. The normalized spacial score (nSPS) is 9.82. The average Bonchev–Trinajstić information content (AvgIpc) is 1.85. The summed E-state index contributed by atoms with van der Waals surface area (Å²) in [6.07, 6.45) is 0. The summed E-state index contributed by atoms with van der Waals surface area (Å²) in [6, 6.07) is 6.02. The monoisotopic (exact) mass is 281 g/mol. The van der Waals surface area contributed by atoms with E-state index in [1.165, 1.54) is 3.57 Å². The summed E-state index contributed by atoms with van der Waals surface area (Å²) < 4.78 is 1.16. The van der Waals surface area contributed by atoms with E-state index in [9.17, 15) is 0 Å². The third-order valence-electron chi connectivity index (χ3n) is 1.39. The van der Waals surface area contributed by atoms with E-state index in [2.05, 4.69) is 22.6 Å². The van der Waals surface area contributed by atoms with Gasteiger partial charge in [0.15, 0.2) is 0 Å². The second-order valence-electron chi connectivity index (χ2n) is 2.49. The topological polar surface area (TPSA) is 3.24 Å². The lowest BCUT2D eigenvalue weighted by atomic mass is 10.3. The second-order valence-corrected chi connectivity index (χ2v) is 4.14. The van der Waals surface area contributed by atoms with Gasteiger partial charge in [-0.2, -0.15) is 0 Å². The highest BCUT2D eigenvalue weighted by atomic mass is 127. The number of rotatable bonds is 1. The molecule has 0 saturated heterocycles. The van der Waals surface area contributed by atoms with Gasteiger partial charge in [0.25, 0.3) is 0 Å². The Labute approximate surface area is 85.5 Å². The summed E-state index contributed by atoms with van der Waals surface area (Å²) in [5, 5.41) is 0.807. The Morgan fingerprint density at radius 3 is 2.45 bits per heavy atom. The van der Waals surface area contributed by atoms with Crippen LogP contribution in [-0.4, -0.2) is 14.1 Å².